The van der Waals surface area contributed by atoms with E-state index < -0.39 is 0 Å². The molecule has 4 heteroatoms. The van der Waals surface area contributed by atoms with Crippen molar-refractivity contribution in [1.82, 2.24) is 5.32 Å². The first-order chi connectivity index (χ1) is 11.3. The van der Waals surface area contributed by atoms with E-state index in [1.807, 2.05) is 12.1 Å². The summed E-state index contributed by atoms with van der Waals surface area (Å²) in [7, 11) is 1.67. The van der Waals surface area contributed by atoms with Crippen LogP contribution >= 0.6 is 15.9 Å². The Hall–Kier alpha value is -1.52. The van der Waals surface area contributed by atoms with Gasteiger partial charge in [-0.25, -0.2) is 0 Å². The van der Waals surface area contributed by atoms with E-state index in [1.54, 1.807) is 7.11 Å². The van der Waals surface area contributed by atoms with Gasteiger partial charge in [-0.2, -0.15) is 0 Å². The highest BCUT2D eigenvalue weighted by Gasteiger charge is 2.14. The van der Waals surface area contributed by atoms with Crippen molar-refractivity contribution >= 4 is 15.9 Å². The molecule has 0 radical (unpaired) electrons. The number of benzene rings is 2. The summed E-state index contributed by atoms with van der Waals surface area (Å²) < 4.78 is 12.4. The van der Waals surface area contributed by atoms with E-state index in [1.165, 1.54) is 5.56 Å². The molecule has 0 aliphatic rings. The van der Waals surface area contributed by atoms with Crippen LogP contribution in [0.3, 0.4) is 0 Å². The molecule has 0 saturated carbocycles. The minimum atomic E-state index is 0.0695. The van der Waals surface area contributed by atoms with Crippen LogP contribution in [0.25, 0.3) is 0 Å². The molecular weight excluding hydrogens is 366 g/mol. The number of ether oxygens (including phenoxy) is 2. The molecule has 1 N–H and O–H groups in total. The van der Waals surface area contributed by atoms with Gasteiger partial charge in [-0.1, -0.05) is 29.8 Å². The summed E-state index contributed by atoms with van der Waals surface area (Å²) in [5.74, 6) is 1.47. The van der Waals surface area contributed by atoms with Crippen molar-refractivity contribution in [2.24, 2.45) is 0 Å². The fraction of sp³-hybridized carbons (Fsp3) is 0.400. The zero-order chi connectivity index (χ0) is 17.7. The van der Waals surface area contributed by atoms with Gasteiger partial charge in [0.15, 0.2) is 11.5 Å². The normalized spacial score (nSPS) is 11.4. The topological polar surface area (TPSA) is 30.5 Å². The minimum absolute atomic E-state index is 0.0695. The first kappa shape index (κ1) is 18.8. The predicted octanol–water partition coefficient (Wildman–Crippen LogP) is 5.23. The first-order valence-corrected chi connectivity index (χ1v) is 8.87. The van der Waals surface area contributed by atoms with Gasteiger partial charge in [-0.15, -0.1) is 0 Å². The van der Waals surface area contributed by atoms with Gasteiger partial charge in [0.2, 0.25) is 0 Å². The molecule has 3 nitrogen and oxygen atoms in total. The van der Waals surface area contributed by atoms with Crippen LogP contribution in [0.5, 0.6) is 11.5 Å². The molecule has 0 aliphatic carbocycles. The summed E-state index contributed by atoms with van der Waals surface area (Å²) in [6.45, 7) is 9.82. The average Bonchev–Trinajstić information content (AvgIpc) is 2.50. The number of halogens is 1. The standard InChI is InChI=1S/C20H26BrNO2/c1-14-7-6-8-15(9-14)13-24-19-17(21)10-16(11-18(19)23-5)12-22-20(2,3)4/h6-11,22H,12-13H2,1-5H3. The number of hydrogen-bond acceptors (Lipinski definition) is 3. The molecule has 0 fully saturated rings. The van der Waals surface area contributed by atoms with Gasteiger partial charge < -0.3 is 14.8 Å². The van der Waals surface area contributed by atoms with E-state index in [0.29, 0.717) is 6.61 Å². The van der Waals surface area contributed by atoms with Crippen molar-refractivity contribution in [2.45, 2.75) is 46.4 Å². The highest BCUT2D eigenvalue weighted by atomic mass is 79.9. The molecule has 0 aliphatic heterocycles. The van der Waals surface area contributed by atoms with Gasteiger partial charge in [0.25, 0.3) is 0 Å². The van der Waals surface area contributed by atoms with E-state index in [4.69, 9.17) is 9.47 Å². The lowest BCUT2D eigenvalue weighted by Gasteiger charge is -2.21. The molecule has 0 amide bonds. The van der Waals surface area contributed by atoms with Gasteiger partial charge in [0.05, 0.1) is 11.6 Å². The zero-order valence-corrected chi connectivity index (χ0v) is 16.7. The summed E-state index contributed by atoms with van der Waals surface area (Å²) in [6, 6.07) is 12.4. The number of nitrogens with one attached hydrogen (secondary N) is 1. The lowest BCUT2D eigenvalue weighted by molar-refractivity contribution is 0.282. The van der Waals surface area contributed by atoms with E-state index in [2.05, 4.69) is 73.2 Å². The summed E-state index contributed by atoms with van der Waals surface area (Å²) in [4.78, 5) is 0. The summed E-state index contributed by atoms with van der Waals surface area (Å²) >= 11 is 3.61. The van der Waals surface area contributed by atoms with Crippen LogP contribution < -0.4 is 14.8 Å². The lowest BCUT2D eigenvalue weighted by Crippen LogP contribution is -2.35. The fourth-order valence-corrected chi connectivity index (χ4v) is 2.94. The molecule has 0 aromatic heterocycles. The second-order valence-electron chi connectivity index (χ2n) is 6.99. The number of aryl methyl sites for hydroxylation is 1. The van der Waals surface area contributed by atoms with Crippen LogP contribution in [-0.4, -0.2) is 12.6 Å². The monoisotopic (exact) mass is 391 g/mol. The Bertz CT molecular complexity index is 693. The van der Waals surface area contributed by atoms with Crippen LogP contribution in [-0.2, 0) is 13.2 Å². The Morgan fingerprint density at radius 1 is 1.08 bits per heavy atom. The van der Waals surface area contributed by atoms with Crippen molar-refractivity contribution in [1.29, 1.82) is 0 Å². The van der Waals surface area contributed by atoms with Crippen molar-refractivity contribution in [3.63, 3.8) is 0 Å². The Morgan fingerprint density at radius 3 is 2.46 bits per heavy atom. The third-order valence-corrected chi connectivity index (χ3v) is 4.17. The van der Waals surface area contributed by atoms with Crippen molar-refractivity contribution in [3.8, 4) is 11.5 Å². The molecule has 0 unspecified atom stereocenters. The summed E-state index contributed by atoms with van der Waals surface area (Å²) in [5, 5.41) is 3.48. The summed E-state index contributed by atoms with van der Waals surface area (Å²) in [5.41, 5.74) is 3.59. The number of methoxy groups -OCH3 is 1. The molecule has 0 bridgehead atoms. The Balaban J connectivity index is 2.14. The van der Waals surface area contributed by atoms with Crippen LogP contribution in [0.1, 0.15) is 37.5 Å². The predicted molar refractivity (Wildman–Crippen MR) is 103 cm³/mol. The van der Waals surface area contributed by atoms with Gasteiger partial charge in [0.1, 0.15) is 6.61 Å². The maximum Gasteiger partial charge on any atom is 0.175 e. The quantitative estimate of drug-likeness (QED) is 0.730. The second-order valence-corrected chi connectivity index (χ2v) is 7.84. The van der Waals surface area contributed by atoms with Crippen molar-refractivity contribution < 1.29 is 9.47 Å². The third kappa shape index (κ3) is 5.53. The third-order valence-electron chi connectivity index (χ3n) is 3.58. The Labute approximate surface area is 153 Å². The Kier molecular flexibility index (Phi) is 6.30. The highest BCUT2D eigenvalue weighted by molar-refractivity contribution is 9.10. The average molecular weight is 392 g/mol. The van der Waals surface area contributed by atoms with E-state index in [9.17, 15) is 0 Å². The lowest BCUT2D eigenvalue weighted by atomic mass is 10.1. The van der Waals surface area contributed by atoms with Crippen LogP contribution in [0.15, 0.2) is 40.9 Å². The molecule has 0 saturated heterocycles. The van der Waals surface area contributed by atoms with Gasteiger partial charge >= 0.3 is 0 Å². The maximum atomic E-state index is 6.01. The second kappa shape index (κ2) is 8.04. The van der Waals surface area contributed by atoms with Gasteiger partial charge in [-0.3, -0.25) is 0 Å². The molecule has 2 aromatic carbocycles. The van der Waals surface area contributed by atoms with Gasteiger partial charge in [-0.05, 0) is 66.9 Å². The minimum Gasteiger partial charge on any atom is -0.493 e. The molecule has 0 heterocycles. The molecular formula is C20H26BrNO2. The molecule has 130 valence electrons. The molecule has 2 aromatic rings. The van der Waals surface area contributed by atoms with Crippen molar-refractivity contribution in [2.75, 3.05) is 7.11 Å². The smallest absolute Gasteiger partial charge is 0.175 e. The van der Waals surface area contributed by atoms with E-state index >= 15 is 0 Å². The summed E-state index contributed by atoms with van der Waals surface area (Å²) in [6.07, 6.45) is 0. The van der Waals surface area contributed by atoms with Crippen LogP contribution in [0.2, 0.25) is 0 Å². The fourth-order valence-electron chi connectivity index (χ4n) is 2.34. The molecule has 2 rings (SSSR count). The van der Waals surface area contributed by atoms with Crippen molar-refractivity contribution in [3.05, 3.63) is 57.6 Å². The first-order valence-electron chi connectivity index (χ1n) is 8.08. The van der Waals surface area contributed by atoms with Crippen LogP contribution in [0, 0.1) is 6.92 Å². The highest BCUT2D eigenvalue weighted by Crippen LogP contribution is 2.37. The Morgan fingerprint density at radius 2 is 1.83 bits per heavy atom. The largest absolute Gasteiger partial charge is 0.493 e. The zero-order valence-electron chi connectivity index (χ0n) is 15.1. The van der Waals surface area contributed by atoms with E-state index in [0.717, 1.165) is 33.6 Å². The molecule has 24 heavy (non-hydrogen) atoms. The number of hydrogen-bond donors (Lipinski definition) is 1. The van der Waals surface area contributed by atoms with E-state index in [-0.39, 0.29) is 5.54 Å². The van der Waals surface area contributed by atoms with Crippen LogP contribution in [0.4, 0.5) is 0 Å². The SMILES string of the molecule is COc1cc(CNC(C)(C)C)cc(Br)c1OCc1cccc(C)c1. The maximum absolute atomic E-state index is 6.01. The van der Waals surface area contributed by atoms with Gasteiger partial charge in [0, 0.05) is 12.1 Å². The molecule has 0 spiro atoms. The molecule has 0 atom stereocenters. The number of rotatable bonds is 6.